The predicted octanol–water partition coefficient (Wildman–Crippen LogP) is 4.40. The molecule has 0 aliphatic carbocycles. The van der Waals surface area contributed by atoms with Crippen molar-refractivity contribution < 1.29 is 18.7 Å². The molecule has 26 heavy (non-hydrogen) atoms. The first-order valence-corrected chi connectivity index (χ1v) is 9.64. The summed E-state index contributed by atoms with van der Waals surface area (Å²) in [6.07, 6.45) is 0.462. The van der Waals surface area contributed by atoms with Crippen LogP contribution in [-0.4, -0.2) is 30.3 Å². The summed E-state index contributed by atoms with van der Waals surface area (Å²) in [5.74, 6) is 1.79. The topological polar surface area (TPSA) is 38.8 Å². The molecule has 4 nitrogen and oxygen atoms in total. The van der Waals surface area contributed by atoms with Crippen molar-refractivity contribution in [2.45, 2.75) is 25.3 Å². The number of carbonyl (C=O) groups excluding carboxylic acids is 1. The molecule has 1 aliphatic rings. The molecule has 1 amide bonds. The van der Waals surface area contributed by atoms with Crippen LogP contribution >= 0.6 is 11.8 Å². The third-order valence-electron chi connectivity index (χ3n) is 4.27. The summed E-state index contributed by atoms with van der Waals surface area (Å²) in [5, 5.41) is -0.180. The lowest BCUT2D eigenvalue weighted by atomic mass is 10.1. The fourth-order valence-corrected chi connectivity index (χ4v) is 4.22. The van der Waals surface area contributed by atoms with Crippen molar-refractivity contribution in [3.63, 3.8) is 0 Å². The van der Waals surface area contributed by atoms with Crippen molar-refractivity contribution in [2.75, 3.05) is 19.5 Å². The standard InChI is InChI=1S/C20H22FNO3S/c1-3-25-18-12-14(8-9-17(18)24-2)20-22(19(23)10-11-26-20)13-15-6-4-5-7-16(15)21/h4-9,12,20H,3,10-11,13H2,1-2H3. The number of amides is 1. The molecule has 1 fully saturated rings. The van der Waals surface area contributed by atoms with Crippen LogP contribution in [0.15, 0.2) is 42.5 Å². The quantitative estimate of drug-likeness (QED) is 0.750. The average molecular weight is 375 g/mol. The molecular weight excluding hydrogens is 353 g/mol. The Morgan fingerprint density at radius 2 is 2.04 bits per heavy atom. The summed E-state index contributed by atoms with van der Waals surface area (Å²) in [6, 6.07) is 12.3. The smallest absolute Gasteiger partial charge is 0.224 e. The number of hydrogen-bond donors (Lipinski definition) is 0. The molecule has 0 bridgehead atoms. The van der Waals surface area contributed by atoms with Gasteiger partial charge in [0, 0.05) is 24.3 Å². The highest BCUT2D eigenvalue weighted by atomic mass is 32.2. The van der Waals surface area contributed by atoms with Gasteiger partial charge >= 0.3 is 0 Å². The third kappa shape index (κ3) is 3.96. The number of benzene rings is 2. The molecule has 6 heteroatoms. The number of hydrogen-bond acceptors (Lipinski definition) is 4. The third-order valence-corrected chi connectivity index (χ3v) is 5.55. The maximum absolute atomic E-state index is 14.1. The van der Waals surface area contributed by atoms with E-state index in [1.54, 1.807) is 42.0 Å². The van der Waals surface area contributed by atoms with Gasteiger partial charge in [0.1, 0.15) is 11.2 Å². The minimum Gasteiger partial charge on any atom is -0.493 e. The number of methoxy groups -OCH3 is 1. The van der Waals surface area contributed by atoms with Crippen molar-refractivity contribution in [1.82, 2.24) is 4.90 Å². The molecule has 0 saturated carbocycles. The zero-order valence-corrected chi connectivity index (χ0v) is 15.7. The molecule has 0 radical (unpaired) electrons. The van der Waals surface area contributed by atoms with E-state index >= 15 is 0 Å². The highest BCUT2D eigenvalue weighted by molar-refractivity contribution is 7.99. The van der Waals surface area contributed by atoms with Crippen LogP contribution in [0.1, 0.15) is 29.8 Å². The van der Waals surface area contributed by atoms with Crippen LogP contribution in [0.5, 0.6) is 11.5 Å². The monoisotopic (exact) mass is 375 g/mol. The summed E-state index contributed by atoms with van der Waals surface area (Å²) in [7, 11) is 1.60. The lowest BCUT2D eigenvalue weighted by Crippen LogP contribution is -2.37. The molecule has 1 saturated heterocycles. The van der Waals surface area contributed by atoms with Crippen LogP contribution in [0.25, 0.3) is 0 Å². The van der Waals surface area contributed by atoms with Crippen molar-refractivity contribution in [3.8, 4) is 11.5 Å². The van der Waals surface area contributed by atoms with Gasteiger partial charge < -0.3 is 14.4 Å². The first-order valence-electron chi connectivity index (χ1n) is 8.59. The number of ether oxygens (including phenoxy) is 2. The van der Waals surface area contributed by atoms with Gasteiger partial charge in [0.2, 0.25) is 5.91 Å². The highest BCUT2D eigenvalue weighted by Gasteiger charge is 2.31. The Balaban J connectivity index is 1.92. The zero-order chi connectivity index (χ0) is 18.5. The number of thioether (sulfide) groups is 1. The molecule has 3 rings (SSSR count). The summed E-state index contributed by atoms with van der Waals surface area (Å²) in [6.45, 7) is 2.68. The summed E-state index contributed by atoms with van der Waals surface area (Å²) >= 11 is 1.68. The second-order valence-corrected chi connectivity index (χ2v) is 7.12. The molecule has 2 aromatic carbocycles. The SMILES string of the molecule is CCOc1cc(C2SCCC(=O)N2Cc2ccccc2F)ccc1OC. The van der Waals surface area contributed by atoms with Gasteiger partial charge in [0.25, 0.3) is 0 Å². The van der Waals surface area contributed by atoms with Crippen LogP contribution in [-0.2, 0) is 11.3 Å². The van der Waals surface area contributed by atoms with E-state index in [0.29, 0.717) is 30.1 Å². The van der Waals surface area contributed by atoms with E-state index in [2.05, 4.69) is 0 Å². The van der Waals surface area contributed by atoms with E-state index in [1.807, 2.05) is 25.1 Å². The lowest BCUT2D eigenvalue weighted by molar-refractivity contribution is -0.132. The van der Waals surface area contributed by atoms with Gasteiger partial charge in [-0.3, -0.25) is 4.79 Å². The normalized spacial score (nSPS) is 17.3. The van der Waals surface area contributed by atoms with Crippen molar-refractivity contribution in [2.24, 2.45) is 0 Å². The number of carbonyl (C=O) groups is 1. The van der Waals surface area contributed by atoms with E-state index in [-0.39, 0.29) is 23.6 Å². The Kier molecular flexibility index (Phi) is 6.04. The Labute approximate surface area is 157 Å². The second kappa shape index (κ2) is 8.45. The Morgan fingerprint density at radius 1 is 1.23 bits per heavy atom. The van der Waals surface area contributed by atoms with Gasteiger partial charge in [-0.15, -0.1) is 11.8 Å². The molecule has 138 valence electrons. The van der Waals surface area contributed by atoms with Gasteiger partial charge in [-0.05, 0) is 30.7 Å². The van der Waals surface area contributed by atoms with Gasteiger partial charge in [0.05, 0.1) is 13.7 Å². The van der Waals surface area contributed by atoms with Crippen LogP contribution in [0.2, 0.25) is 0 Å². The minimum atomic E-state index is -0.292. The Hall–Kier alpha value is -2.21. The van der Waals surface area contributed by atoms with Gasteiger partial charge in [-0.25, -0.2) is 4.39 Å². The van der Waals surface area contributed by atoms with Crippen molar-refractivity contribution in [3.05, 3.63) is 59.4 Å². The fraction of sp³-hybridized carbons (Fsp3) is 0.350. The molecule has 0 aromatic heterocycles. The van der Waals surface area contributed by atoms with Gasteiger partial charge in [-0.1, -0.05) is 24.3 Å². The van der Waals surface area contributed by atoms with E-state index < -0.39 is 0 Å². The van der Waals surface area contributed by atoms with Crippen LogP contribution in [0.4, 0.5) is 4.39 Å². The van der Waals surface area contributed by atoms with Gasteiger partial charge in [0.15, 0.2) is 11.5 Å². The molecule has 1 atom stereocenters. The van der Waals surface area contributed by atoms with Crippen LogP contribution in [0, 0.1) is 5.82 Å². The Bertz CT molecular complexity index is 783. The minimum absolute atomic E-state index is 0.0331. The molecule has 0 N–H and O–H groups in total. The maximum Gasteiger partial charge on any atom is 0.224 e. The van der Waals surface area contributed by atoms with E-state index in [0.717, 1.165) is 11.3 Å². The van der Waals surface area contributed by atoms with E-state index in [4.69, 9.17) is 9.47 Å². The van der Waals surface area contributed by atoms with Crippen LogP contribution in [0.3, 0.4) is 0 Å². The van der Waals surface area contributed by atoms with Crippen molar-refractivity contribution >= 4 is 17.7 Å². The van der Waals surface area contributed by atoms with E-state index in [1.165, 1.54) is 6.07 Å². The van der Waals surface area contributed by atoms with Gasteiger partial charge in [-0.2, -0.15) is 0 Å². The lowest BCUT2D eigenvalue weighted by Gasteiger charge is -2.35. The fourth-order valence-electron chi connectivity index (χ4n) is 2.99. The largest absolute Gasteiger partial charge is 0.493 e. The first kappa shape index (κ1) is 18.6. The number of rotatable bonds is 6. The summed E-state index contributed by atoms with van der Waals surface area (Å²) < 4.78 is 25.1. The zero-order valence-electron chi connectivity index (χ0n) is 14.9. The second-order valence-electron chi connectivity index (χ2n) is 5.93. The molecule has 0 spiro atoms. The molecule has 1 heterocycles. The first-order chi connectivity index (χ1) is 12.6. The Morgan fingerprint density at radius 3 is 2.77 bits per heavy atom. The molecular formula is C20H22FNO3S. The number of halogens is 1. The number of nitrogens with zero attached hydrogens (tertiary/aromatic N) is 1. The van der Waals surface area contributed by atoms with Crippen LogP contribution < -0.4 is 9.47 Å². The highest BCUT2D eigenvalue weighted by Crippen LogP contribution is 2.41. The van der Waals surface area contributed by atoms with E-state index in [9.17, 15) is 9.18 Å². The average Bonchev–Trinajstić information content (AvgIpc) is 2.65. The molecule has 1 aliphatic heterocycles. The molecule has 1 unspecified atom stereocenters. The van der Waals surface area contributed by atoms with Crippen molar-refractivity contribution in [1.29, 1.82) is 0 Å². The molecule has 2 aromatic rings. The summed E-state index contributed by atoms with van der Waals surface area (Å²) in [5.41, 5.74) is 1.47. The summed E-state index contributed by atoms with van der Waals surface area (Å²) in [4.78, 5) is 14.3. The maximum atomic E-state index is 14.1. The predicted molar refractivity (Wildman–Crippen MR) is 101 cm³/mol.